The van der Waals surface area contributed by atoms with Crippen LogP contribution in [0.4, 0.5) is 0 Å². The van der Waals surface area contributed by atoms with E-state index in [1.165, 1.54) is 12.0 Å². The monoisotopic (exact) mass is 488 g/mol. The van der Waals surface area contributed by atoms with Crippen molar-refractivity contribution in [2.45, 2.75) is 82.6 Å². The third kappa shape index (κ3) is 4.13. The SMILES string of the molecule is C[C@@]1(C(=O)NC2CCCCC2)Cn2c(cc3occc32)C(=O)N1C1CCN(Cc2ccccc2)CC1. The number of aromatic nitrogens is 1. The number of amides is 2. The summed E-state index contributed by atoms with van der Waals surface area (Å²) in [4.78, 5) is 32.4. The fourth-order valence-electron chi connectivity index (χ4n) is 6.57. The zero-order valence-corrected chi connectivity index (χ0v) is 21.1. The van der Waals surface area contributed by atoms with Crippen molar-refractivity contribution in [1.29, 1.82) is 0 Å². The van der Waals surface area contributed by atoms with Crippen LogP contribution in [0, 0.1) is 0 Å². The summed E-state index contributed by atoms with van der Waals surface area (Å²) in [6.07, 6.45) is 8.97. The number of hydrogen-bond donors (Lipinski definition) is 1. The molecule has 7 heteroatoms. The topological polar surface area (TPSA) is 70.7 Å². The maximum Gasteiger partial charge on any atom is 0.271 e. The molecule has 1 aliphatic carbocycles. The number of hydrogen-bond acceptors (Lipinski definition) is 4. The van der Waals surface area contributed by atoms with Gasteiger partial charge in [0.2, 0.25) is 5.91 Å². The van der Waals surface area contributed by atoms with Gasteiger partial charge in [0.05, 0.1) is 18.3 Å². The largest absolute Gasteiger partial charge is 0.463 e. The lowest BCUT2D eigenvalue weighted by Gasteiger charge is -2.50. The molecule has 0 spiro atoms. The Morgan fingerprint density at radius 1 is 1.06 bits per heavy atom. The summed E-state index contributed by atoms with van der Waals surface area (Å²) in [5.74, 6) is -0.0825. The second-order valence-corrected chi connectivity index (χ2v) is 11.0. The summed E-state index contributed by atoms with van der Waals surface area (Å²) in [7, 11) is 0. The van der Waals surface area contributed by atoms with Crippen molar-refractivity contribution in [3.8, 4) is 0 Å². The zero-order chi connectivity index (χ0) is 24.7. The molecule has 0 bridgehead atoms. The van der Waals surface area contributed by atoms with Crippen LogP contribution in [0.25, 0.3) is 11.1 Å². The number of piperidine rings is 1. The van der Waals surface area contributed by atoms with Gasteiger partial charge in [0.1, 0.15) is 11.2 Å². The fourth-order valence-corrected chi connectivity index (χ4v) is 6.57. The third-order valence-corrected chi connectivity index (χ3v) is 8.56. The minimum absolute atomic E-state index is 0.0227. The van der Waals surface area contributed by atoms with Gasteiger partial charge in [-0.25, -0.2) is 0 Å². The van der Waals surface area contributed by atoms with Crippen molar-refractivity contribution in [3.05, 3.63) is 60.0 Å². The van der Waals surface area contributed by atoms with Gasteiger partial charge in [-0.05, 0) is 38.2 Å². The van der Waals surface area contributed by atoms with Gasteiger partial charge in [0, 0.05) is 43.9 Å². The highest BCUT2D eigenvalue weighted by molar-refractivity contribution is 6.03. The van der Waals surface area contributed by atoms with Gasteiger partial charge in [-0.1, -0.05) is 49.6 Å². The highest BCUT2D eigenvalue weighted by atomic mass is 16.3. The molecule has 6 rings (SSSR count). The number of carbonyl (C=O) groups excluding carboxylic acids is 2. The molecule has 7 nitrogen and oxygen atoms in total. The van der Waals surface area contributed by atoms with E-state index in [0.29, 0.717) is 17.8 Å². The lowest BCUT2D eigenvalue weighted by atomic mass is 9.88. The molecule has 3 aromatic rings. The molecule has 1 N–H and O–H groups in total. The molecule has 190 valence electrons. The molecule has 36 heavy (non-hydrogen) atoms. The Hall–Kier alpha value is -3.06. The molecular formula is C29H36N4O3. The lowest BCUT2D eigenvalue weighted by molar-refractivity contribution is -0.136. The van der Waals surface area contributed by atoms with E-state index in [0.717, 1.165) is 63.7 Å². The maximum absolute atomic E-state index is 14.0. The minimum Gasteiger partial charge on any atom is -0.463 e. The van der Waals surface area contributed by atoms with E-state index in [4.69, 9.17) is 4.42 Å². The Morgan fingerprint density at radius 2 is 1.81 bits per heavy atom. The molecule has 2 aliphatic heterocycles. The van der Waals surface area contributed by atoms with Crippen molar-refractivity contribution in [2.75, 3.05) is 13.1 Å². The van der Waals surface area contributed by atoms with E-state index in [1.807, 2.05) is 34.6 Å². The molecule has 2 fully saturated rings. The average Bonchev–Trinajstić information content (AvgIpc) is 3.49. The molecule has 1 atom stereocenters. The Labute approximate surface area is 212 Å². The van der Waals surface area contributed by atoms with E-state index < -0.39 is 5.54 Å². The summed E-state index contributed by atoms with van der Waals surface area (Å²) in [5, 5.41) is 3.35. The summed E-state index contributed by atoms with van der Waals surface area (Å²) in [6.45, 7) is 5.15. The van der Waals surface area contributed by atoms with Crippen molar-refractivity contribution in [3.63, 3.8) is 0 Å². The molecule has 1 aromatic carbocycles. The highest BCUT2D eigenvalue weighted by Crippen LogP contribution is 2.37. The molecule has 1 saturated carbocycles. The van der Waals surface area contributed by atoms with Crippen LogP contribution in [0.1, 0.15) is 67.9 Å². The number of furan rings is 1. The van der Waals surface area contributed by atoms with Crippen LogP contribution in [0.15, 0.2) is 53.1 Å². The summed E-state index contributed by atoms with van der Waals surface area (Å²) < 4.78 is 7.61. The van der Waals surface area contributed by atoms with E-state index in [9.17, 15) is 9.59 Å². The van der Waals surface area contributed by atoms with Crippen LogP contribution >= 0.6 is 0 Å². The van der Waals surface area contributed by atoms with Crippen molar-refractivity contribution < 1.29 is 14.0 Å². The second-order valence-electron chi connectivity index (χ2n) is 11.0. The quantitative estimate of drug-likeness (QED) is 0.572. The van der Waals surface area contributed by atoms with E-state index in [2.05, 4.69) is 34.5 Å². The smallest absolute Gasteiger partial charge is 0.271 e. The molecule has 4 heterocycles. The van der Waals surface area contributed by atoms with Crippen LogP contribution in [0.3, 0.4) is 0 Å². The number of rotatable bonds is 5. The molecule has 3 aliphatic rings. The van der Waals surface area contributed by atoms with Gasteiger partial charge in [-0.3, -0.25) is 14.5 Å². The van der Waals surface area contributed by atoms with Gasteiger partial charge < -0.3 is 19.2 Å². The number of fused-ring (bicyclic) bond motifs is 3. The predicted molar refractivity (Wildman–Crippen MR) is 139 cm³/mol. The number of likely N-dealkylation sites (tertiary alicyclic amines) is 1. The van der Waals surface area contributed by atoms with Gasteiger partial charge in [0.25, 0.3) is 5.91 Å². The first-order chi connectivity index (χ1) is 17.5. The summed E-state index contributed by atoms with van der Waals surface area (Å²) in [6, 6.07) is 14.5. The Morgan fingerprint density at radius 3 is 2.56 bits per heavy atom. The van der Waals surface area contributed by atoms with E-state index in [1.54, 1.807) is 6.26 Å². The van der Waals surface area contributed by atoms with Crippen molar-refractivity contribution >= 4 is 22.9 Å². The van der Waals surface area contributed by atoms with Gasteiger partial charge in [-0.2, -0.15) is 0 Å². The Bertz CT molecular complexity index is 1230. The Kier molecular flexibility index (Phi) is 6.12. The van der Waals surface area contributed by atoms with Crippen LogP contribution in [-0.2, 0) is 17.9 Å². The molecule has 2 aromatic heterocycles. The Balaban J connectivity index is 1.26. The molecule has 1 saturated heterocycles. The van der Waals surface area contributed by atoms with Gasteiger partial charge >= 0.3 is 0 Å². The second kappa shape index (κ2) is 9.43. The maximum atomic E-state index is 14.0. The molecule has 0 radical (unpaired) electrons. The van der Waals surface area contributed by atoms with Crippen LogP contribution in [-0.4, -0.2) is 56.9 Å². The molecule has 0 unspecified atom stereocenters. The zero-order valence-electron chi connectivity index (χ0n) is 21.1. The van der Waals surface area contributed by atoms with Crippen LogP contribution < -0.4 is 5.32 Å². The van der Waals surface area contributed by atoms with E-state index >= 15 is 0 Å². The lowest BCUT2D eigenvalue weighted by Crippen LogP contribution is -2.68. The number of carbonyl (C=O) groups is 2. The number of nitrogens with zero attached hydrogens (tertiary/aromatic N) is 3. The van der Waals surface area contributed by atoms with Crippen LogP contribution in [0.5, 0.6) is 0 Å². The third-order valence-electron chi connectivity index (χ3n) is 8.56. The fraction of sp³-hybridized carbons (Fsp3) is 0.517. The normalized spacial score (nSPS) is 24.2. The number of benzene rings is 1. The van der Waals surface area contributed by atoms with Crippen LogP contribution in [0.2, 0.25) is 0 Å². The number of nitrogens with one attached hydrogen (secondary N) is 1. The van der Waals surface area contributed by atoms with Gasteiger partial charge in [-0.15, -0.1) is 0 Å². The predicted octanol–water partition coefficient (Wildman–Crippen LogP) is 4.56. The van der Waals surface area contributed by atoms with Gasteiger partial charge in [0.15, 0.2) is 5.58 Å². The van der Waals surface area contributed by atoms with E-state index in [-0.39, 0.29) is 23.9 Å². The highest BCUT2D eigenvalue weighted by Gasteiger charge is 2.51. The first-order valence-corrected chi connectivity index (χ1v) is 13.5. The first kappa shape index (κ1) is 23.3. The molecular weight excluding hydrogens is 452 g/mol. The summed E-state index contributed by atoms with van der Waals surface area (Å²) >= 11 is 0. The minimum atomic E-state index is -0.947. The first-order valence-electron chi connectivity index (χ1n) is 13.5. The summed E-state index contributed by atoms with van der Waals surface area (Å²) in [5.41, 5.74) is 2.57. The average molecular weight is 489 g/mol. The van der Waals surface area contributed by atoms with Crippen molar-refractivity contribution in [1.82, 2.24) is 19.7 Å². The molecule has 2 amide bonds. The standard InChI is InChI=1S/C29H36N4O3/c1-29(28(35)30-22-10-6-3-7-11-22)20-32-24-14-17-36-26(24)18-25(32)27(34)33(29)23-12-15-31(16-13-23)19-21-8-4-2-5-9-21/h2,4-5,8-9,14,17-18,22-23H,3,6-7,10-13,15-16,19-20H2,1H3,(H,30,35)/t29-/m0/s1. The van der Waals surface area contributed by atoms with Crippen molar-refractivity contribution in [2.24, 2.45) is 0 Å².